The highest BCUT2D eigenvalue weighted by Crippen LogP contribution is 2.20. The number of aryl methyl sites for hydroxylation is 1. The van der Waals surface area contributed by atoms with Gasteiger partial charge >= 0.3 is 0 Å². The minimum Gasteiger partial charge on any atom is -0.339 e. The first-order valence-electron chi connectivity index (χ1n) is 6.85. The number of halogens is 1. The maximum atomic E-state index is 13.9. The monoisotopic (exact) mass is 327 g/mol. The van der Waals surface area contributed by atoms with Crippen molar-refractivity contribution in [1.82, 2.24) is 15.5 Å². The van der Waals surface area contributed by atoms with Crippen LogP contribution in [0.1, 0.15) is 37.2 Å². The number of aromatic nitrogens is 2. The highest BCUT2D eigenvalue weighted by molar-refractivity contribution is 7.90. The number of hydrogen-bond acceptors (Lipinski definition) is 6. The predicted octanol–water partition coefficient (Wildman–Crippen LogP) is 2.03. The molecule has 0 aliphatic rings. The van der Waals surface area contributed by atoms with Crippen molar-refractivity contribution in [1.29, 1.82) is 0 Å². The Morgan fingerprint density at radius 1 is 1.41 bits per heavy atom. The first-order valence-corrected chi connectivity index (χ1v) is 8.74. The smallest absolute Gasteiger partial charge is 0.226 e. The molecule has 0 fully saturated rings. The molecule has 0 aliphatic heterocycles. The van der Waals surface area contributed by atoms with Gasteiger partial charge < -0.3 is 9.84 Å². The second-order valence-corrected chi connectivity index (χ2v) is 7.01. The first kappa shape index (κ1) is 16.6. The van der Waals surface area contributed by atoms with E-state index in [9.17, 15) is 12.8 Å². The van der Waals surface area contributed by atoms with Gasteiger partial charge in [-0.2, -0.15) is 4.98 Å². The maximum Gasteiger partial charge on any atom is 0.226 e. The van der Waals surface area contributed by atoms with E-state index in [1.165, 1.54) is 12.1 Å². The molecule has 8 heteroatoms. The van der Waals surface area contributed by atoms with E-state index in [1.54, 1.807) is 6.07 Å². The topological polar surface area (TPSA) is 85.1 Å². The van der Waals surface area contributed by atoms with E-state index in [0.29, 0.717) is 30.2 Å². The fraction of sp³-hybridized carbons (Fsp3) is 0.429. The van der Waals surface area contributed by atoms with Gasteiger partial charge in [0.25, 0.3) is 0 Å². The van der Waals surface area contributed by atoms with Crippen LogP contribution >= 0.6 is 0 Å². The van der Waals surface area contributed by atoms with Crippen LogP contribution in [0.25, 0.3) is 0 Å². The van der Waals surface area contributed by atoms with Crippen molar-refractivity contribution in [3.8, 4) is 0 Å². The van der Waals surface area contributed by atoms with Gasteiger partial charge in [0.15, 0.2) is 15.7 Å². The fourth-order valence-corrected chi connectivity index (χ4v) is 2.68. The molecular weight excluding hydrogens is 309 g/mol. The molecule has 1 aromatic heterocycles. The van der Waals surface area contributed by atoms with E-state index in [-0.39, 0.29) is 10.9 Å². The molecule has 2 aromatic rings. The van der Waals surface area contributed by atoms with Crippen LogP contribution in [0.5, 0.6) is 0 Å². The molecule has 0 spiro atoms. The van der Waals surface area contributed by atoms with Crippen LogP contribution in [0.4, 0.5) is 4.39 Å². The highest BCUT2D eigenvalue weighted by Gasteiger charge is 2.16. The average molecular weight is 327 g/mol. The number of hydrogen-bond donors (Lipinski definition) is 1. The Bertz CT molecular complexity index is 758. The lowest BCUT2D eigenvalue weighted by Crippen LogP contribution is -2.19. The van der Waals surface area contributed by atoms with Crippen LogP contribution in [-0.4, -0.2) is 24.8 Å². The van der Waals surface area contributed by atoms with Crippen LogP contribution in [0, 0.1) is 5.82 Å². The van der Waals surface area contributed by atoms with Crippen molar-refractivity contribution in [2.45, 2.75) is 37.8 Å². The molecule has 0 unspecified atom stereocenters. The van der Waals surface area contributed by atoms with E-state index in [2.05, 4.69) is 15.5 Å². The third-order valence-corrected chi connectivity index (χ3v) is 4.36. The maximum absolute atomic E-state index is 13.9. The minimum atomic E-state index is -3.56. The summed E-state index contributed by atoms with van der Waals surface area (Å²) in [7, 11) is -3.56. The van der Waals surface area contributed by atoms with Crippen LogP contribution < -0.4 is 5.32 Å². The van der Waals surface area contributed by atoms with Crippen LogP contribution in [-0.2, 0) is 22.8 Å². The molecule has 0 bridgehead atoms. The molecule has 6 nitrogen and oxygen atoms in total. The summed E-state index contributed by atoms with van der Waals surface area (Å²) >= 11 is 0. The molecular formula is C14H18FN3O3S. The largest absolute Gasteiger partial charge is 0.339 e. The number of rotatable bonds is 6. The molecule has 1 aromatic carbocycles. The predicted molar refractivity (Wildman–Crippen MR) is 78.4 cm³/mol. The zero-order chi connectivity index (χ0) is 16.3. The molecule has 1 heterocycles. The fourth-order valence-electron chi connectivity index (χ4n) is 1.95. The van der Waals surface area contributed by atoms with E-state index >= 15 is 0 Å². The molecule has 0 aliphatic carbocycles. The molecule has 120 valence electrons. The zero-order valence-electron chi connectivity index (χ0n) is 12.6. The van der Waals surface area contributed by atoms with Gasteiger partial charge in [-0.15, -0.1) is 0 Å². The number of benzene rings is 1. The molecule has 0 saturated carbocycles. The van der Waals surface area contributed by atoms with Crippen LogP contribution in [0.3, 0.4) is 0 Å². The van der Waals surface area contributed by atoms with Crippen LogP contribution in [0.2, 0.25) is 0 Å². The Morgan fingerprint density at radius 3 is 2.68 bits per heavy atom. The van der Waals surface area contributed by atoms with Crippen molar-refractivity contribution in [2.24, 2.45) is 0 Å². The van der Waals surface area contributed by atoms with Crippen molar-refractivity contribution in [2.75, 3.05) is 6.26 Å². The van der Waals surface area contributed by atoms with E-state index in [4.69, 9.17) is 4.52 Å². The Kier molecular flexibility index (Phi) is 4.92. The number of sulfone groups is 1. The van der Waals surface area contributed by atoms with Crippen LogP contribution in [0.15, 0.2) is 27.6 Å². The lowest BCUT2D eigenvalue weighted by Gasteiger charge is -2.13. The second-order valence-electron chi connectivity index (χ2n) is 5.02. The summed E-state index contributed by atoms with van der Waals surface area (Å²) in [5.41, 5.74) is 0.643. The molecule has 0 radical (unpaired) electrons. The third kappa shape index (κ3) is 3.89. The van der Waals surface area contributed by atoms with Crippen molar-refractivity contribution < 1.29 is 17.3 Å². The van der Waals surface area contributed by atoms with Gasteiger partial charge in [-0.3, -0.25) is 0 Å². The number of nitrogens with zero attached hydrogens (tertiary/aromatic N) is 2. The van der Waals surface area contributed by atoms with Gasteiger partial charge in [0.05, 0.1) is 6.54 Å². The van der Waals surface area contributed by atoms with Crippen molar-refractivity contribution in [3.05, 3.63) is 41.3 Å². The van der Waals surface area contributed by atoms with E-state index in [0.717, 1.165) is 6.26 Å². The summed E-state index contributed by atoms with van der Waals surface area (Å²) in [6.45, 7) is 4.13. The van der Waals surface area contributed by atoms with Crippen molar-refractivity contribution in [3.63, 3.8) is 0 Å². The summed E-state index contributed by atoms with van der Waals surface area (Å²) in [6.07, 6.45) is 1.65. The molecule has 22 heavy (non-hydrogen) atoms. The van der Waals surface area contributed by atoms with Gasteiger partial charge in [0.1, 0.15) is 10.7 Å². The van der Waals surface area contributed by atoms with Gasteiger partial charge in [0, 0.05) is 18.7 Å². The van der Waals surface area contributed by atoms with Gasteiger partial charge in [0.2, 0.25) is 5.89 Å². The summed E-state index contributed by atoms with van der Waals surface area (Å²) in [4.78, 5) is 3.87. The Morgan fingerprint density at radius 2 is 2.14 bits per heavy atom. The SMILES string of the molecule is CCc1nc(CN[C@H](C)c2ccc(S(C)(=O)=O)c(F)c2)no1. The van der Waals surface area contributed by atoms with E-state index in [1.807, 2.05) is 13.8 Å². The summed E-state index contributed by atoms with van der Waals surface area (Å²) < 4.78 is 41.7. The molecule has 1 N–H and O–H groups in total. The van der Waals surface area contributed by atoms with Gasteiger partial charge in [-0.25, -0.2) is 12.8 Å². The van der Waals surface area contributed by atoms with E-state index < -0.39 is 15.7 Å². The lowest BCUT2D eigenvalue weighted by molar-refractivity contribution is 0.374. The molecule has 1 atom stereocenters. The Labute approximate surface area is 128 Å². The summed E-state index contributed by atoms with van der Waals surface area (Å²) in [5, 5.41) is 6.95. The molecule has 0 saturated heterocycles. The minimum absolute atomic E-state index is 0.188. The quantitative estimate of drug-likeness (QED) is 0.874. The summed E-state index contributed by atoms with van der Waals surface area (Å²) in [6, 6.07) is 3.90. The standard InChI is InChI=1S/C14H18FN3O3S/c1-4-14-17-13(18-21-14)8-16-9(2)10-5-6-12(11(15)7-10)22(3,19)20/h5-7,9,16H,4,8H2,1-3H3/t9-/m1/s1. The first-order chi connectivity index (χ1) is 10.3. The number of nitrogens with one attached hydrogen (secondary N) is 1. The van der Waals surface area contributed by atoms with Crippen molar-refractivity contribution >= 4 is 9.84 Å². The molecule has 0 amide bonds. The van der Waals surface area contributed by atoms with Gasteiger partial charge in [-0.05, 0) is 24.6 Å². The third-order valence-electron chi connectivity index (χ3n) is 3.23. The Balaban J connectivity index is 2.06. The zero-order valence-corrected chi connectivity index (χ0v) is 13.4. The summed E-state index contributed by atoms with van der Waals surface area (Å²) in [5.74, 6) is 0.339. The second kappa shape index (κ2) is 6.53. The average Bonchev–Trinajstić information content (AvgIpc) is 2.91. The lowest BCUT2D eigenvalue weighted by atomic mass is 10.1. The normalized spacial score (nSPS) is 13.3. The Hall–Kier alpha value is -1.80. The molecule has 2 rings (SSSR count). The van der Waals surface area contributed by atoms with Gasteiger partial charge in [-0.1, -0.05) is 18.1 Å². The highest BCUT2D eigenvalue weighted by atomic mass is 32.2.